The average Bonchev–Trinajstić information content (AvgIpc) is 1.60. The van der Waals surface area contributed by atoms with Gasteiger partial charge in [-0.25, -0.2) is 43.7 Å². The number of benzene rings is 8. The quantitative estimate of drug-likeness (QED) is 0.00289. The van der Waals surface area contributed by atoms with Crippen molar-refractivity contribution in [1.29, 1.82) is 0 Å². The summed E-state index contributed by atoms with van der Waals surface area (Å²) in [6.45, 7) is 38.5. The van der Waals surface area contributed by atoms with Crippen molar-refractivity contribution in [3.63, 3.8) is 0 Å². The van der Waals surface area contributed by atoms with E-state index in [-0.39, 0.29) is 91.5 Å². The SMILES string of the molecule is C=CCCC(CCC=C)(COC(=O)C=C)COC(=O)NCCCCCCNC(=O)OCC(COOCC=C)(COOCC=C)COOCC=C.CCN1C(=CC=C2CC/C(=C\C=C3\N(CC)c4ccccc4C3(C)C)C2=[N+](c2ccccc2)c2ccccc2)C(C)(C)c2ccccc21.FB(F)F.O=C([O-])C(=O)c1ccccc1.[F-].c1ccc([S+](c2ccccc2)c2ccccc2)cc1. The molecule has 2 amide bonds. The van der Waals surface area contributed by atoms with Crippen molar-refractivity contribution in [2.75, 3.05) is 95.4 Å². The monoisotopic (exact) mass is 1840 g/mol. The Labute approximate surface area is 785 Å². The number of Topliss-reactive ketones (excluding diaryl/α,β-unsaturated/α-hetero) is 1. The lowest BCUT2D eigenvalue weighted by molar-refractivity contribution is -0.364. The van der Waals surface area contributed by atoms with E-state index in [1.165, 1.54) is 107 Å². The van der Waals surface area contributed by atoms with Crippen molar-refractivity contribution >= 4 is 76.8 Å². The molecule has 1 saturated carbocycles. The summed E-state index contributed by atoms with van der Waals surface area (Å²) in [5.74, 6) is -3.18. The Kier molecular flexibility index (Phi) is 48.5. The molecular formula is C107H126BF4N5O15S. The van der Waals surface area contributed by atoms with Crippen LogP contribution in [0, 0.1) is 10.8 Å². The molecule has 1 fully saturated rings. The number of hydrogen-bond donors (Lipinski definition) is 2. The topological polar surface area (TPSA) is 225 Å². The molecule has 26 heteroatoms. The summed E-state index contributed by atoms with van der Waals surface area (Å²) in [5, 5.41) is 15.5. The molecule has 11 rings (SSSR count). The number of carboxylic acid groups (broad SMARTS) is 1. The highest BCUT2D eigenvalue weighted by Crippen LogP contribution is 2.50. The molecule has 133 heavy (non-hydrogen) atoms. The number of hydrogen-bond acceptors (Lipinski definition) is 17. The molecule has 2 aliphatic heterocycles. The molecule has 8 aromatic rings. The van der Waals surface area contributed by atoms with Gasteiger partial charge in [0, 0.05) is 112 Å². The minimum Gasteiger partial charge on any atom is -1.00 e. The zero-order chi connectivity index (χ0) is 95.4. The van der Waals surface area contributed by atoms with Gasteiger partial charge in [-0.05, 0) is 137 Å². The fourth-order valence-electron chi connectivity index (χ4n) is 15.1. The van der Waals surface area contributed by atoms with Crippen LogP contribution < -0.4 is 34.8 Å². The number of para-hydroxylation sites is 4. The average molecular weight is 1840 g/mol. The summed E-state index contributed by atoms with van der Waals surface area (Å²) < 4.78 is 47.8. The van der Waals surface area contributed by atoms with Gasteiger partial charge in [0.15, 0.2) is 14.7 Å². The number of esters is 1. The summed E-state index contributed by atoms with van der Waals surface area (Å²) in [5.41, 5.74) is 12.9. The normalized spacial score (nSPS) is 14.3. The molecule has 0 spiro atoms. The Morgan fingerprint density at radius 2 is 0.789 bits per heavy atom. The second-order valence-electron chi connectivity index (χ2n) is 32.0. The minimum atomic E-state index is -3.67. The molecule has 706 valence electrons. The number of halogens is 4. The predicted molar refractivity (Wildman–Crippen MR) is 521 cm³/mol. The van der Waals surface area contributed by atoms with E-state index >= 15 is 0 Å². The molecular weight excluding hydrogens is 1710 g/mol. The van der Waals surface area contributed by atoms with Crippen molar-refractivity contribution in [3.05, 3.63) is 370 Å². The standard InChI is InChI=1S/C45H48N3.C36H58N2O12.C18H15S.C8H6O3.BF3.FH/c1-7-46-39-25-17-15-23-37(39)44(3,4)41(46)31-29-33-27-28-34(30-32-42-45(5,6)38-24-16-18-26-40(38)47(42)8-2)43(33)48(35-19-11-9-12-20-35)36-21-13-10-14-22-36;1-7-13-19-35(20-14-8-2,26-42-32(39)12-6)27-43-33(40)37-21-17-15-16-18-22-38-34(41)44-28-36(29-48-45-23-9-3,30-49-46-24-10-4)31-50-47-25-11-5;1-4-10-16(11-5-1)19(17-12-6-2-7-13-17)18-14-8-3-9-15-18;9-7(8(10)11)6-4-2-1-3-5-6;2-1(3)4;/h9-26,29-32H,7-8,27-28H2,1-6H3;7-12H,1-6,13-31H2,(H,37,40)(H,38,41);1-15H;1-5H,(H,10,11);;1H/q+1;;+1;;;/p-2. The maximum atomic E-state index is 12.5. The van der Waals surface area contributed by atoms with Gasteiger partial charge in [0.05, 0.1) is 36.1 Å². The molecule has 0 atom stereocenters. The lowest BCUT2D eigenvalue weighted by Crippen LogP contribution is -3.00. The highest BCUT2D eigenvalue weighted by Gasteiger charge is 2.43. The fourth-order valence-corrected chi connectivity index (χ4v) is 17.2. The number of unbranched alkanes of at least 4 members (excludes halogenated alkanes) is 3. The number of anilines is 2. The second-order valence-corrected chi connectivity index (χ2v) is 34.0. The maximum absolute atomic E-state index is 12.5. The summed E-state index contributed by atoms with van der Waals surface area (Å²) in [6.07, 6.45) is 25.3. The Morgan fingerprint density at radius 3 is 1.14 bits per heavy atom. The number of nitrogens with zero attached hydrogens (tertiary/aromatic N) is 3. The molecule has 20 nitrogen and oxygen atoms in total. The first kappa shape index (κ1) is 109. The van der Waals surface area contributed by atoms with Gasteiger partial charge in [0.25, 0.3) is 0 Å². The number of fused-ring (bicyclic) bond motifs is 2. The van der Waals surface area contributed by atoms with Crippen LogP contribution >= 0.6 is 0 Å². The number of carboxylic acids is 1. The Balaban J connectivity index is 0.000000300. The van der Waals surface area contributed by atoms with Crippen LogP contribution in [0.2, 0.25) is 0 Å². The zero-order valence-electron chi connectivity index (χ0n) is 77.2. The Bertz CT molecular complexity index is 4830. The number of carbonyl (C=O) groups excluding carboxylic acids is 5. The highest BCUT2D eigenvalue weighted by molar-refractivity contribution is 7.97. The van der Waals surface area contributed by atoms with Crippen LogP contribution in [0.1, 0.15) is 127 Å². The Morgan fingerprint density at radius 1 is 0.451 bits per heavy atom. The summed E-state index contributed by atoms with van der Waals surface area (Å²) in [7, 11) is -3.68. The number of alkyl carbamates (subject to hydrolysis) is 2. The summed E-state index contributed by atoms with van der Waals surface area (Å²) in [6, 6.07) is 79.4. The first-order chi connectivity index (χ1) is 63.9. The van der Waals surface area contributed by atoms with Crippen LogP contribution in [0.4, 0.5) is 45.3 Å². The molecule has 0 radical (unpaired) electrons. The van der Waals surface area contributed by atoms with Crippen LogP contribution in [0.5, 0.6) is 0 Å². The van der Waals surface area contributed by atoms with E-state index in [0.717, 1.165) is 44.8 Å². The van der Waals surface area contributed by atoms with Crippen molar-refractivity contribution in [2.24, 2.45) is 10.8 Å². The van der Waals surface area contributed by atoms with Gasteiger partial charge >= 0.3 is 25.7 Å². The smallest absolute Gasteiger partial charge is 0.762 e. The molecule has 0 aromatic heterocycles. The molecule has 1 aliphatic carbocycles. The number of allylic oxidation sites excluding steroid dienone is 10. The predicted octanol–water partition coefficient (Wildman–Crippen LogP) is 19.3. The maximum Gasteiger partial charge on any atom is 0.762 e. The first-order valence-electron chi connectivity index (χ1n) is 44.3. The van der Waals surface area contributed by atoms with Crippen LogP contribution in [-0.2, 0) is 74.9 Å². The fraction of sp³-hybridized carbons (Fsp3) is 0.308. The summed E-state index contributed by atoms with van der Waals surface area (Å²) >= 11 is 0. The third-order valence-corrected chi connectivity index (χ3v) is 24.0. The number of rotatable bonds is 46. The van der Waals surface area contributed by atoms with Crippen molar-refractivity contribution < 1.29 is 90.3 Å². The Hall–Kier alpha value is -12.5. The van der Waals surface area contributed by atoms with Crippen LogP contribution in [0.3, 0.4) is 0 Å². The van der Waals surface area contributed by atoms with E-state index in [2.05, 4.69) is 331 Å². The van der Waals surface area contributed by atoms with E-state index in [0.29, 0.717) is 51.6 Å². The van der Waals surface area contributed by atoms with Crippen molar-refractivity contribution in [2.45, 2.75) is 131 Å². The van der Waals surface area contributed by atoms with E-state index < -0.39 is 48.3 Å². The van der Waals surface area contributed by atoms with Gasteiger partial charge in [-0.2, -0.15) is 4.58 Å². The minimum absolute atomic E-state index is 0. The second kappa shape index (κ2) is 59.1. The van der Waals surface area contributed by atoms with E-state index in [1.54, 1.807) is 30.4 Å². The van der Waals surface area contributed by atoms with Gasteiger partial charge in [0.2, 0.25) is 22.9 Å². The molecule has 0 bridgehead atoms. The first-order valence-corrected chi connectivity index (χ1v) is 45.5. The van der Waals surface area contributed by atoms with Gasteiger partial charge in [-0.3, -0.25) is 17.7 Å². The number of carbonyl (C=O) groups is 5. The van der Waals surface area contributed by atoms with Crippen LogP contribution in [0.15, 0.2) is 368 Å². The van der Waals surface area contributed by atoms with Gasteiger partial charge in [-0.15, -0.1) is 32.9 Å². The number of ether oxygens (including phenoxy) is 3. The number of amides is 2. The zero-order valence-corrected chi connectivity index (χ0v) is 78.0. The molecule has 2 heterocycles. The van der Waals surface area contributed by atoms with Gasteiger partial charge in [-0.1, -0.05) is 247 Å². The lowest BCUT2D eigenvalue weighted by atomic mass is 9.80. The van der Waals surface area contributed by atoms with Crippen molar-refractivity contribution in [3.8, 4) is 0 Å². The van der Waals surface area contributed by atoms with E-state index in [4.69, 9.17) is 43.5 Å². The summed E-state index contributed by atoms with van der Waals surface area (Å²) in [4.78, 5) is 97.4. The number of ketones is 1. The molecule has 2 N–H and O–H groups in total. The third-order valence-electron chi connectivity index (χ3n) is 21.8. The number of nitrogens with one attached hydrogen (secondary N) is 2. The number of likely N-dealkylation sites (N-methyl/N-ethyl adjacent to an activating group) is 2. The van der Waals surface area contributed by atoms with Crippen LogP contribution in [-0.4, -0.2) is 129 Å². The van der Waals surface area contributed by atoms with E-state index in [1.807, 2.05) is 0 Å². The largest absolute Gasteiger partial charge is 1.00 e. The third kappa shape index (κ3) is 34.5. The lowest BCUT2D eigenvalue weighted by Gasteiger charge is -2.32. The molecule has 8 aromatic carbocycles. The molecule has 3 aliphatic rings. The van der Waals surface area contributed by atoms with Crippen LogP contribution in [0.25, 0.3) is 0 Å². The van der Waals surface area contributed by atoms with Crippen molar-refractivity contribution in [1.82, 2.24) is 15.2 Å². The molecule has 0 unspecified atom stereocenters. The molecule has 0 saturated heterocycles. The highest BCUT2D eigenvalue weighted by atomic mass is 32.2. The van der Waals surface area contributed by atoms with E-state index in [9.17, 15) is 42.0 Å². The number of aliphatic carboxylic acids is 1. The van der Waals surface area contributed by atoms with Gasteiger partial charge in [0.1, 0.15) is 45.6 Å². The van der Waals surface area contributed by atoms with Gasteiger partial charge < -0.3 is 49.2 Å².